The van der Waals surface area contributed by atoms with Crippen LogP contribution >= 0.6 is 0 Å². The zero-order valence-electron chi connectivity index (χ0n) is 16.6. The van der Waals surface area contributed by atoms with Crippen molar-refractivity contribution >= 4 is 22.8 Å². The predicted octanol–water partition coefficient (Wildman–Crippen LogP) is 2.21. The maximum Gasteiger partial charge on any atom is 0.242 e. The SMILES string of the molecule is CC(C)C(=O)N1CCCC1c1nc2ccccc2n1CC(=O)N1CCOCC1. The summed E-state index contributed by atoms with van der Waals surface area (Å²) in [5.41, 5.74) is 1.82. The van der Waals surface area contributed by atoms with Crippen LogP contribution in [-0.2, 0) is 20.9 Å². The molecule has 2 fully saturated rings. The summed E-state index contributed by atoms with van der Waals surface area (Å²) in [6.07, 6.45) is 1.84. The average Bonchev–Trinajstić information content (AvgIpc) is 3.33. The number of hydrogen-bond acceptors (Lipinski definition) is 4. The molecule has 2 aliphatic heterocycles. The van der Waals surface area contributed by atoms with Gasteiger partial charge in [-0.1, -0.05) is 26.0 Å². The zero-order chi connectivity index (χ0) is 19.7. The van der Waals surface area contributed by atoms with Crippen molar-refractivity contribution in [3.8, 4) is 0 Å². The van der Waals surface area contributed by atoms with Crippen molar-refractivity contribution in [3.63, 3.8) is 0 Å². The van der Waals surface area contributed by atoms with Gasteiger partial charge >= 0.3 is 0 Å². The van der Waals surface area contributed by atoms with Crippen LogP contribution in [0.2, 0.25) is 0 Å². The molecule has 1 atom stereocenters. The van der Waals surface area contributed by atoms with Gasteiger partial charge in [-0.05, 0) is 25.0 Å². The molecule has 2 aromatic rings. The van der Waals surface area contributed by atoms with Crippen molar-refractivity contribution in [2.24, 2.45) is 5.92 Å². The largest absolute Gasteiger partial charge is 0.378 e. The molecule has 0 N–H and O–H groups in total. The van der Waals surface area contributed by atoms with E-state index in [1.54, 1.807) is 0 Å². The minimum Gasteiger partial charge on any atom is -0.378 e. The van der Waals surface area contributed by atoms with Crippen LogP contribution in [0.1, 0.15) is 38.6 Å². The highest BCUT2D eigenvalue weighted by Crippen LogP contribution is 2.34. The molecule has 1 unspecified atom stereocenters. The van der Waals surface area contributed by atoms with Gasteiger partial charge in [-0.15, -0.1) is 0 Å². The maximum absolute atomic E-state index is 12.9. The van der Waals surface area contributed by atoms with Crippen LogP contribution < -0.4 is 0 Å². The van der Waals surface area contributed by atoms with E-state index in [1.807, 2.05) is 52.5 Å². The molecular weight excluding hydrogens is 356 g/mol. The van der Waals surface area contributed by atoms with Crippen molar-refractivity contribution in [2.45, 2.75) is 39.3 Å². The number of benzene rings is 1. The number of carbonyl (C=O) groups excluding carboxylic acids is 2. The summed E-state index contributed by atoms with van der Waals surface area (Å²) in [5.74, 6) is 1.01. The topological polar surface area (TPSA) is 67.7 Å². The Bertz CT molecular complexity index is 870. The highest BCUT2D eigenvalue weighted by Gasteiger charge is 2.35. The smallest absolute Gasteiger partial charge is 0.242 e. The van der Waals surface area contributed by atoms with Crippen molar-refractivity contribution < 1.29 is 14.3 Å². The van der Waals surface area contributed by atoms with Crippen LogP contribution in [0.4, 0.5) is 0 Å². The first-order chi connectivity index (χ1) is 13.6. The molecule has 0 spiro atoms. The Morgan fingerprint density at radius 2 is 1.93 bits per heavy atom. The normalized spacial score (nSPS) is 20.3. The average molecular weight is 384 g/mol. The Morgan fingerprint density at radius 3 is 2.68 bits per heavy atom. The molecule has 7 nitrogen and oxygen atoms in total. The lowest BCUT2D eigenvalue weighted by atomic mass is 10.1. The van der Waals surface area contributed by atoms with Gasteiger partial charge in [-0.25, -0.2) is 4.98 Å². The van der Waals surface area contributed by atoms with Crippen LogP contribution in [-0.4, -0.2) is 64.0 Å². The lowest BCUT2D eigenvalue weighted by Crippen LogP contribution is -2.42. The van der Waals surface area contributed by atoms with Gasteiger partial charge in [0.15, 0.2) is 0 Å². The van der Waals surface area contributed by atoms with E-state index in [1.165, 1.54) is 0 Å². The fourth-order valence-electron chi connectivity index (χ4n) is 4.19. The number of hydrogen-bond donors (Lipinski definition) is 0. The standard InChI is InChI=1S/C21H28N4O3/c1-15(2)21(27)24-9-5-8-18(24)20-22-16-6-3-4-7-17(16)25(20)14-19(26)23-10-12-28-13-11-23/h3-4,6-7,15,18H,5,8-14H2,1-2H3. The van der Waals surface area contributed by atoms with E-state index in [2.05, 4.69) is 0 Å². The third-order valence-electron chi connectivity index (χ3n) is 5.67. The van der Waals surface area contributed by atoms with Gasteiger partial charge in [0, 0.05) is 25.6 Å². The summed E-state index contributed by atoms with van der Waals surface area (Å²) in [5, 5.41) is 0. The van der Waals surface area contributed by atoms with Crippen LogP contribution in [0.25, 0.3) is 11.0 Å². The number of likely N-dealkylation sites (tertiary alicyclic amines) is 1. The van der Waals surface area contributed by atoms with Gasteiger partial charge in [0.2, 0.25) is 11.8 Å². The number of nitrogens with zero attached hydrogens (tertiary/aromatic N) is 4. The first-order valence-corrected chi connectivity index (χ1v) is 10.2. The van der Waals surface area contributed by atoms with Crippen molar-refractivity contribution in [3.05, 3.63) is 30.1 Å². The molecular formula is C21H28N4O3. The molecule has 1 aromatic carbocycles. The molecule has 1 aromatic heterocycles. The summed E-state index contributed by atoms with van der Waals surface area (Å²) in [6, 6.07) is 7.83. The van der Waals surface area contributed by atoms with E-state index in [0.717, 1.165) is 36.2 Å². The van der Waals surface area contributed by atoms with Crippen LogP contribution in [0.15, 0.2) is 24.3 Å². The molecule has 4 rings (SSSR count). The first kappa shape index (κ1) is 18.9. The summed E-state index contributed by atoms with van der Waals surface area (Å²) in [6.45, 7) is 7.29. The minimum atomic E-state index is -0.0696. The van der Waals surface area contributed by atoms with Gasteiger partial charge in [-0.2, -0.15) is 0 Å². The lowest BCUT2D eigenvalue weighted by Gasteiger charge is -2.29. The summed E-state index contributed by atoms with van der Waals surface area (Å²) in [7, 11) is 0. The number of carbonyl (C=O) groups is 2. The van der Waals surface area contributed by atoms with Gasteiger partial charge < -0.3 is 19.1 Å². The van der Waals surface area contributed by atoms with E-state index >= 15 is 0 Å². The molecule has 28 heavy (non-hydrogen) atoms. The van der Waals surface area contributed by atoms with Crippen LogP contribution in [0.5, 0.6) is 0 Å². The van der Waals surface area contributed by atoms with Crippen molar-refractivity contribution in [2.75, 3.05) is 32.8 Å². The van der Waals surface area contributed by atoms with Crippen LogP contribution in [0, 0.1) is 5.92 Å². The monoisotopic (exact) mass is 384 g/mol. The highest BCUT2D eigenvalue weighted by molar-refractivity contribution is 5.82. The first-order valence-electron chi connectivity index (χ1n) is 10.2. The quantitative estimate of drug-likeness (QED) is 0.811. The number of fused-ring (bicyclic) bond motifs is 1. The van der Waals surface area contributed by atoms with Gasteiger partial charge in [0.1, 0.15) is 12.4 Å². The van der Waals surface area contributed by atoms with E-state index in [9.17, 15) is 9.59 Å². The second-order valence-electron chi connectivity index (χ2n) is 7.88. The maximum atomic E-state index is 12.9. The van der Waals surface area contributed by atoms with Crippen molar-refractivity contribution in [1.82, 2.24) is 19.4 Å². The predicted molar refractivity (Wildman–Crippen MR) is 106 cm³/mol. The molecule has 3 heterocycles. The number of aromatic nitrogens is 2. The third kappa shape index (κ3) is 3.51. The Hall–Kier alpha value is -2.41. The molecule has 2 aliphatic rings. The Labute approximate surface area is 165 Å². The molecule has 0 aliphatic carbocycles. The van der Waals surface area contributed by atoms with Gasteiger partial charge in [0.25, 0.3) is 0 Å². The molecule has 0 radical (unpaired) electrons. The van der Waals surface area contributed by atoms with E-state index in [0.29, 0.717) is 26.3 Å². The number of morpholine rings is 1. The van der Waals surface area contributed by atoms with Gasteiger partial charge in [-0.3, -0.25) is 9.59 Å². The number of amides is 2. The second kappa shape index (κ2) is 7.91. The zero-order valence-corrected chi connectivity index (χ0v) is 16.6. The Morgan fingerprint density at radius 1 is 1.18 bits per heavy atom. The molecule has 0 saturated carbocycles. The van der Waals surface area contributed by atoms with E-state index < -0.39 is 0 Å². The summed E-state index contributed by atoms with van der Waals surface area (Å²) < 4.78 is 7.38. The molecule has 7 heteroatoms. The van der Waals surface area contributed by atoms with Crippen LogP contribution in [0.3, 0.4) is 0 Å². The minimum absolute atomic E-state index is 0.0478. The summed E-state index contributed by atoms with van der Waals surface area (Å²) >= 11 is 0. The van der Waals surface area contributed by atoms with E-state index in [-0.39, 0.29) is 30.3 Å². The van der Waals surface area contributed by atoms with E-state index in [4.69, 9.17) is 9.72 Å². The number of rotatable bonds is 4. The Balaban J connectivity index is 1.69. The Kier molecular flexibility index (Phi) is 5.35. The van der Waals surface area contributed by atoms with Crippen molar-refractivity contribution in [1.29, 1.82) is 0 Å². The number of para-hydroxylation sites is 2. The number of imidazole rings is 1. The molecule has 2 amide bonds. The molecule has 150 valence electrons. The fourth-order valence-corrected chi connectivity index (χ4v) is 4.19. The molecule has 0 bridgehead atoms. The lowest BCUT2D eigenvalue weighted by molar-refractivity contribution is -0.135. The fraction of sp³-hybridized carbons (Fsp3) is 0.571. The highest BCUT2D eigenvalue weighted by atomic mass is 16.5. The summed E-state index contributed by atoms with van der Waals surface area (Å²) in [4.78, 5) is 34.3. The second-order valence-corrected chi connectivity index (χ2v) is 7.88. The third-order valence-corrected chi connectivity index (χ3v) is 5.67. The van der Waals surface area contributed by atoms with Gasteiger partial charge in [0.05, 0.1) is 30.3 Å². The number of ether oxygens (including phenoxy) is 1. The molecule has 2 saturated heterocycles.